The summed E-state index contributed by atoms with van der Waals surface area (Å²) in [5.74, 6) is 0. The number of hydrogen-bond acceptors (Lipinski definition) is 2. The fourth-order valence-corrected chi connectivity index (χ4v) is 2.56. The first kappa shape index (κ1) is 15.8. The summed E-state index contributed by atoms with van der Waals surface area (Å²) in [6, 6.07) is 9.09. The van der Waals surface area contributed by atoms with Crippen LogP contribution in [0.15, 0.2) is 43.0 Å². The van der Waals surface area contributed by atoms with Gasteiger partial charge >= 0.3 is 0 Å². The van der Waals surface area contributed by atoms with Crippen LogP contribution in [0.5, 0.6) is 0 Å². The fourth-order valence-electron chi connectivity index (χ4n) is 2.56. The number of nitrogens with one attached hydrogen (secondary N) is 1. The number of benzene rings is 1. The summed E-state index contributed by atoms with van der Waals surface area (Å²) in [5.41, 5.74) is 3.03. The van der Waals surface area contributed by atoms with Crippen LogP contribution in [0.1, 0.15) is 38.8 Å². The molecular formula is C18H27N3. The molecule has 114 valence electrons. The van der Waals surface area contributed by atoms with Crippen LogP contribution in [-0.2, 0) is 19.5 Å². The normalized spacial score (nSPS) is 13.3. The number of nitrogens with zero attached hydrogens (tertiary/aromatic N) is 2. The zero-order valence-electron chi connectivity index (χ0n) is 13.6. The predicted molar refractivity (Wildman–Crippen MR) is 88.1 cm³/mol. The van der Waals surface area contributed by atoms with Crippen LogP contribution in [0.3, 0.4) is 0 Å². The third-order valence-corrected chi connectivity index (χ3v) is 4.04. The lowest BCUT2D eigenvalue weighted by Gasteiger charge is -2.32. The molecule has 0 spiro atoms. The van der Waals surface area contributed by atoms with Crippen LogP contribution >= 0.6 is 0 Å². The second-order valence-electron chi connectivity index (χ2n) is 6.68. The third kappa shape index (κ3) is 4.43. The van der Waals surface area contributed by atoms with Crippen LogP contribution in [0.25, 0.3) is 0 Å². The van der Waals surface area contributed by atoms with Gasteiger partial charge in [-0.15, -0.1) is 0 Å². The van der Waals surface area contributed by atoms with E-state index < -0.39 is 0 Å². The van der Waals surface area contributed by atoms with Gasteiger partial charge in [-0.05, 0) is 23.0 Å². The molecule has 2 rings (SSSR count). The van der Waals surface area contributed by atoms with E-state index in [0.29, 0.717) is 6.04 Å². The van der Waals surface area contributed by atoms with Crippen molar-refractivity contribution in [3.05, 3.63) is 54.1 Å². The van der Waals surface area contributed by atoms with Crippen molar-refractivity contribution >= 4 is 0 Å². The lowest BCUT2D eigenvalue weighted by Crippen LogP contribution is -2.43. The summed E-state index contributed by atoms with van der Waals surface area (Å²) < 4.78 is 2.15. The standard InChI is InChI=1S/C18H27N3/c1-5-15-8-6-7-9-16(15)12-20-17(18(2,3)4)13-21-11-10-19-14-21/h6-11,14,17,20H,5,12-13H2,1-4H3. The molecular weight excluding hydrogens is 258 g/mol. The average molecular weight is 285 g/mol. The van der Waals surface area contributed by atoms with Gasteiger partial charge in [-0.3, -0.25) is 0 Å². The molecule has 0 fully saturated rings. The minimum absolute atomic E-state index is 0.200. The molecule has 1 aromatic carbocycles. The Morgan fingerprint density at radius 3 is 2.48 bits per heavy atom. The molecule has 0 aliphatic heterocycles. The second kappa shape index (κ2) is 6.90. The first-order valence-corrected chi connectivity index (χ1v) is 7.76. The maximum absolute atomic E-state index is 4.14. The van der Waals surface area contributed by atoms with Crippen molar-refractivity contribution in [1.82, 2.24) is 14.9 Å². The molecule has 0 aliphatic carbocycles. The summed E-state index contributed by atoms with van der Waals surface area (Å²) in [4.78, 5) is 4.14. The molecule has 1 aromatic heterocycles. The average Bonchev–Trinajstić information content (AvgIpc) is 2.95. The van der Waals surface area contributed by atoms with Gasteiger partial charge in [-0.25, -0.2) is 4.98 Å². The first-order chi connectivity index (χ1) is 10.0. The lowest BCUT2D eigenvalue weighted by atomic mass is 9.86. The number of imidazole rings is 1. The van der Waals surface area contributed by atoms with Gasteiger partial charge in [0.1, 0.15) is 0 Å². The van der Waals surface area contributed by atoms with E-state index in [1.807, 2.05) is 18.7 Å². The molecule has 1 N–H and O–H groups in total. The highest BCUT2D eigenvalue weighted by molar-refractivity contribution is 5.26. The Hall–Kier alpha value is -1.61. The van der Waals surface area contributed by atoms with Crippen molar-refractivity contribution in [1.29, 1.82) is 0 Å². The molecule has 1 unspecified atom stereocenters. The molecule has 0 radical (unpaired) electrons. The van der Waals surface area contributed by atoms with Crippen molar-refractivity contribution in [2.24, 2.45) is 5.41 Å². The Labute approximate surface area is 128 Å². The van der Waals surface area contributed by atoms with Gasteiger partial charge in [0.25, 0.3) is 0 Å². The maximum Gasteiger partial charge on any atom is 0.0946 e. The summed E-state index contributed by atoms with van der Waals surface area (Å²) >= 11 is 0. The summed E-state index contributed by atoms with van der Waals surface area (Å²) in [7, 11) is 0. The quantitative estimate of drug-likeness (QED) is 0.878. The van der Waals surface area contributed by atoms with Crippen molar-refractivity contribution < 1.29 is 0 Å². The van der Waals surface area contributed by atoms with E-state index in [0.717, 1.165) is 19.5 Å². The Morgan fingerprint density at radius 1 is 1.19 bits per heavy atom. The van der Waals surface area contributed by atoms with Gasteiger partial charge < -0.3 is 9.88 Å². The first-order valence-electron chi connectivity index (χ1n) is 7.76. The van der Waals surface area contributed by atoms with E-state index in [-0.39, 0.29) is 5.41 Å². The van der Waals surface area contributed by atoms with Gasteiger partial charge in [-0.1, -0.05) is 52.0 Å². The molecule has 1 heterocycles. The molecule has 3 heteroatoms. The molecule has 1 atom stereocenters. The summed E-state index contributed by atoms with van der Waals surface area (Å²) in [6.45, 7) is 10.9. The van der Waals surface area contributed by atoms with Crippen LogP contribution in [0, 0.1) is 5.41 Å². The van der Waals surface area contributed by atoms with E-state index >= 15 is 0 Å². The van der Waals surface area contributed by atoms with Gasteiger partial charge in [0.15, 0.2) is 0 Å². The van der Waals surface area contributed by atoms with Crippen molar-refractivity contribution in [2.45, 2.75) is 53.2 Å². The Kier molecular flexibility index (Phi) is 5.18. The van der Waals surface area contributed by atoms with Crippen LogP contribution in [0.2, 0.25) is 0 Å². The number of aromatic nitrogens is 2. The number of rotatable bonds is 6. The molecule has 3 nitrogen and oxygen atoms in total. The molecule has 2 aromatic rings. The highest BCUT2D eigenvalue weighted by Crippen LogP contribution is 2.21. The van der Waals surface area contributed by atoms with Crippen LogP contribution in [0.4, 0.5) is 0 Å². The van der Waals surface area contributed by atoms with Crippen molar-refractivity contribution in [3.8, 4) is 0 Å². The Balaban J connectivity index is 2.05. The van der Waals surface area contributed by atoms with Gasteiger partial charge in [0.2, 0.25) is 0 Å². The number of hydrogen-bond donors (Lipinski definition) is 1. The van der Waals surface area contributed by atoms with E-state index in [2.05, 4.69) is 66.8 Å². The molecule has 0 bridgehead atoms. The third-order valence-electron chi connectivity index (χ3n) is 4.04. The van der Waals surface area contributed by atoms with Crippen LogP contribution in [-0.4, -0.2) is 15.6 Å². The second-order valence-corrected chi connectivity index (χ2v) is 6.68. The molecule has 0 saturated heterocycles. The highest BCUT2D eigenvalue weighted by atomic mass is 15.1. The van der Waals surface area contributed by atoms with Crippen molar-refractivity contribution in [3.63, 3.8) is 0 Å². The van der Waals surface area contributed by atoms with Crippen molar-refractivity contribution in [2.75, 3.05) is 0 Å². The van der Waals surface area contributed by atoms with Gasteiger partial charge in [-0.2, -0.15) is 0 Å². The monoisotopic (exact) mass is 285 g/mol. The van der Waals surface area contributed by atoms with E-state index in [4.69, 9.17) is 0 Å². The zero-order valence-corrected chi connectivity index (χ0v) is 13.6. The Morgan fingerprint density at radius 2 is 1.90 bits per heavy atom. The largest absolute Gasteiger partial charge is 0.336 e. The SMILES string of the molecule is CCc1ccccc1CNC(Cn1ccnc1)C(C)(C)C. The van der Waals surface area contributed by atoms with Gasteiger partial charge in [0.05, 0.1) is 6.33 Å². The minimum atomic E-state index is 0.200. The molecule has 0 aliphatic rings. The molecule has 21 heavy (non-hydrogen) atoms. The topological polar surface area (TPSA) is 29.9 Å². The molecule has 0 saturated carbocycles. The molecule has 0 amide bonds. The summed E-state index contributed by atoms with van der Waals surface area (Å²) in [6.07, 6.45) is 6.84. The lowest BCUT2D eigenvalue weighted by molar-refractivity contribution is 0.240. The maximum atomic E-state index is 4.14. The van der Waals surface area contributed by atoms with Gasteiger partial charge in [0, 0.05) is 31.5 Å². The van der Waals surface area contributed by atoms with E-state index in [1.165, 1.54) is 11.1 Å². The summed E-state index contributed by atoms with van der Waals surface area (Å²) in [5, 5.41) is 3.74. The zero-order chi connectivity index (χ0) is 15.3. The Bertz CT molecular complexity index is 538. The fraction of sp³-hybridized carbons (Fsp3) is 0.500. The van der Waals surface area contributed by atoms with Crippen LogP contribution < -0.4 is 5.32 Å². The number of aryl methyl sites for hydroxylation is 1. The highest BCUT2D eigenvalue weighted by Gasteiger charge is 2.24. The smallest absolute Gasteiger partial charge is 0.0946 e. The van der Waals surface area contributed by atoms with E-state index in [1.54, 1.807) is 0 Å². The predicted octanol–water partition coefficient (Wildman–Crippen LogP) is 3.65. The minimum Gasteiger partial charge on any atom is -0.336 e. The van der Waals surface area contributed by atoms with E-state index in [9.17, 15) is 0 Å².